The van der Waals surface area contributed by atoms with Crippen molar-refractivity contribution in [3.63, 3.8) is 0 Å². The highest BCUT2D eigenvalue weighted by Crippen LogP contribution is 2.10. The van der Waals surface area contributed by atoms with Crippen LogP contribution in [0.15, 0.2) is 0 Å². The molecule has 0 aliphatic carbocycles. The van der Waals surface area contributed by atoms with E-state index in [0.29, 0.717) is 13.0 Å². The molecule has 0 unspecified atom stereocenters. The summed E-state index contributed by atoms with van der Waals surface area (Å²) >= 11 is 0. The Morgan fingerprint density at radius 2 is 2.07 bits per heavy atom. The molecule has 0 saturated carbocycles. The van der Waals surface area contributed by atoms with E-state index in [-0.39, 0.29) is 18.2 Å². The lowest BCUT2D eigenvalue weighted by molar-refractivity contribution is 0.132. The monoisotopic (exact) mass is 217 g/mol. The van der Waals surface area contributed by atoms with Crippen molar-refractivity contribution in [1.82, 2.24) is 5.32 Å². The van der Waals surface area contributed by atoms with Crippen molar-refractivity contribution in [2.45, 2.75) is 52.0 Å². The third kappa shape index (κ3) is 8.24. The van der Waals surface area contributed by atoms with Crippen LogP contribution >= 0.6 is 0 Å². The van der Waals surface area contributed by atoms with Crippen molar-refractivity contribution in [3.05, 3.63) is 0 Å². The molecule has 1 amide bonds. The fourth-order valence-electron chi connectivity index (χ4n) is 1.21. The number of rotatable bonds is 7. The van der Waals surface area contributed by atoms with Crippen molar-refractivity contribution < 1.29 is 14.6 Å². The van der Waals surface area contributed by atoms with Gasteiger partial charge >= 0.3 is 6.09 Å². The predicted octanol–water partition coefficient (Wildman–Crippen LogP) is 2.06. The highest BCUT2D eigenvalue weighted by atomic mass is 16.5. The minimum atomic E-state index is -0.369. The van der Waals surface area contributed by atoms with Crippen LogP contribution in [0.4, 0.5) is 4.79 Å². The second-order valence-corrected chi connectivity index (χ2v) is 4.33. The first-order valence-electron chi connectivity index (χ1n) is 5.57. The lowest BCUT2D eigenvalue weighted by atomic mass is 9.99. The van der Waals surface area contributed by atoms with E-state index in [9.17, 15) is 4.79 Å². The minimum absolute atomic E-state index is 0.149. The fraction of sp³-hybridized carbons (Fsp3) is 0.909. The third-order valence-corrected chi connectivity index (χ3v) is 2.13. The maximum Gasteiger partial charge on any atom is 0.407 e. The second kappa shape index (κ2) is 7.51. The summed E-state index contributed by atoms with van der Waals surface area (Å²) in [6.45, 7) is 6.51. The van der Waals surface area contributed by atoms with Gasteiger partial charge in [-0.15, -0.1) is 0 Å². The zero-order valence-corrected chi connectivity index (χ0v) is 10.0. The van der Waals surface area contributed by atoms with Gasteiger partial charge in [-0.3, -0.25) is 0 Å². The van der Waals surface area contributed by atoms with Gasteiger partial charge in [0.1, 0.15) is 0 Å². The number of hydrogen-bond acceptors (Lipinski definition) is 3. The summed E-state index contributed by atoms with van der Waals surface area (Å²) in [7, 11) is 0. The predicted molar refractivity (Wildman–Crippen MR) is 59.8 cm³/mol. The van der Waals surface area contributed by atoms with E-state index in [1.165, 1.54) is 0 Å². The summed E-state index contributed by atoms with van der Waals surface area (Å²) < 4.78 is 4.99. The number of alkyl carbamates (subject to hydrolysis) is 1. The van der Waals surface area contributed by atoms with Gasteiger partial charge in [0.05, 0.1) is 6.61 Å². The normalized spacial score (nSPS) is 11.2. The standard InChI is InChI=1S/C11H23NO3/c1-4-5-9-15-10(14)12-11(2,3)7-6-8-13/h13H,4-9H2,1-3H3,(H,12,14). The molecule has 90 valence electrons. The summed E-state index contributed by atoms with van der Waals surface area (Å²) in [5, 5.41) is 11.5. The summed E-state index contributed by atoms with van der Waals surface area (Å²) in [5.41, 5.74) is -0.313. The Morgan fingerprint density at radius 3 is 2.60 bits per heavy atom. The Balaban J connectivity index is 3.72. The molecule has 0 spiro atoms. The molecule has 0 aromatic carbocycles. The minimum Gasteiger partial charge on any atom is -0.450 e. The van der Waals surface area contributed by atoms with Crippen LogP contribution in [0.3, 0.4) is 0 Å². The van der Waals surface area contributed by atoms with E-state index < -0.39 is 0 Å². The second-order valence-electron chi connectivity index (χ2n) is 4.33. The topological polar surface area (TPSA) is 58.6 Å². The van der Waals surface area contributed by atoms with Crippen LogP contribution in [0.25, 0.3) is 0 Å². The number of nitrogens with one attached hydrogen (secondary N) is 1. The number of unbranched alkanes of at least 4 members (excludes halogenated alkanes) is 1. The first-order chi connectivity index (χ1) is 7.02. The van der Waals surface area contributed by atoms with Gasteiger partial charge in [0.2, 0.25) is 0 Å². The van der Waals surface area contributed by atoms with Crippen LogP contribution < -0.4 is 5.32 Å². The highest BCUT2D eigenvalue weighted by Gasteiger charge is 2.20. The van der Waals surface area contributed by atoms with Crippen molar-refractivity contribution in [2.75, 3.05) is 13.2 Å². The lowest BCUT2D eigenvalue weighted by Crippen LogP contribution is -2.43. The largest absolute Gasteiger partial charge is 0.450 e. The summed E-state index contributed by atoms with van der Waals surface area (Å²) in [6, 6.07) is 0. The molecule has 2 N–H and O–H groups in total. The maximum atomic E-state index is 11.3. The first kappa shape index (κ1) is 14.2. The molecule has 0 saturated heterocycles. The van der Waals surface area contributed by atoms with Crippen LogP contribution in [0, 0.1) is 0 Å². The van der Waals surface area contributed by atoms with Crippen molar-refractivity contribution >= 4 is 6.09 Å². The third-order valence-electron chi connectivity index (χ3n) is 2.13. The number of carbonyl (C=O) groups excluding carboxylic acids is 1. The number of aliphatic hydroxyl groups excluding tert-OH is 1. The van der Waals surface area contributed by atoms with E-state index >= 15 is 0 Å². The van der Waals surface area contributed by atoms with Crippen molar-refractivity contribution in [2.24, 2.45) is 0 Å². The Morgan fingerprint density at radius 1 is 1.40 bits per heavy atom. The van der Waals surface area contributed by atoms with Gasteiger partial charge in [-0.25, -0.2) is 4.79 Å². The number of amides is 1. The zero-order valence-electron chi connectivity index (χ0n) is 10.0. The maximum absolute atomic E-state index is 11.3. The SMILES string of the molecule is CCCCOC(=O)NC(C)(C)CCCO. The molecule has 15 heavy (non-hydrogen) atoms. The molecule has 0 aromatic heterocycles. The zero-order chi connectivity index (χ0) is 11.7. The molecular formula is C11H23NO3. The smallest absolute Gasteiger partial charge is 0.407 e. The molecule has 4 nitrogen and oxygen atoms in total. The molecular weight excluding hydrogens is 194 g/mol. The summed E-state index contributed by atoms with van der Waals surface area (Å²) in [6.07, 6.45) is 2.96. The average Bonchev–Trinajstić information content (AvgIpc) is 2.14. The average molecular weight is 217 g/mol. The molecule has 0 atom stereocenters. The quantitative estimate of drug-likeness (QED) is 0.642. The number of hydrogen-bond donors (Lipinski definition) is 2. The molecule has 0 radical (unpaired) electrons. The van der Waals surface area contributed by atoms with Gasteiger partial charge in [-0.1, -0.05) is 13.3 Å². The van der Waals surface area contributed by atoms with Gasteiger partial charge in [0.15, 0.2) is 0 Å². The van der Waals surface area contributed by atoms with Gasteiger partial charge < -0.3 is 15.2 Å². The van der Waals surface area contributed by atoms with E-state index in [2.05, 4.69) is 5.32 Å². The van der Waals surface area contributed by atoms with E-state index in [1.807, 2.05) is 20.8 Å². The number of ether oxygens (including phenoxy) is 1. The first-order valence-corrected chi connectivity index (χ1v) is 5.57. The molecule has 0 aliphatic heterocycles. The van der Waals surface area contributed by atoms with Crippen LogP contribution in [0.1, 0.15) is 46.5 Å². The lowest BCUT2D eigenvalue weighted by Gasteiger charge is -2.25. The van der Waals surface area contributed by atoms with Crippen molar-refractivity contribution in [3.8, 4) is 0 Å². The van der Waals surface area contributed by atoms with E-state index in [4.69, 9.17) is 9.84 Å². The fourth-order valence-corrected chi connectivity index (χ4v) is 1.21. The molecule has 0 heterocycles. The highest BCUT2D eigenvalue weighted by molar-refractivity contribution is 5.68. The van der Waals surface area contributed by atoms with Gasteiger partial charge in [0.25, 0.3) is 0 Å². The Kier molecular flexibility index (Phi) is 7.13. The van der Waals surface area contributed by atoms with Gasteiger partial charge in [-0.2, -0.15) is 0 Å². The van der Waals surface area contributed by atoms with Crippen LogP contribution in [0.2, 0.25) is 0 Å². The molecule has 0 fully saturated rings. The van der Waals surface area contributed by atoms with Crippen molar-refractivity contribution in [1.29, 1.82) is 0 Å². The molecule has 0 aliphatic rings. The van der Waals surface area contributed by atoms with E-state index in [1.54, 1.807) is 0 Å². The number of aliphatic hydroxyl groups is 1. The molecule has 0 bridgehead atoms. The summed E-state index contributed by atoms with van der Waals surface area (Å²) in [4.78, 5) is 11.3. The summed E-state index contributed by atoms with van der Waals surface area (Å²) in [5.74, 6) is 0. The molecule has 0 rings (SSSR count). The molecule has 4 heteroatoms. The van der Waals surface area contributed by atoms with Crippen LogP contribution in [-0.2, 0) is 4.74 Å². The van der Waals surface area contributed by atoms with Crippen LogP contribution in [0.5, 0.6) is 0 Å². The number of carbonyl (C=O) groups is 1. The Hall–Kier alpha value is -0.770. The molecule has 0 aromatic rings. The Bertz CT molecular complexity index is 181. The van der Waals surface area contributed by atoms with Gasteiger partial charge in [-0.05, 0) is 33.1 Å². The van der Waals surface area contributed by atoms with Crippen LogP contribution in [-0.4, -0.2) is 30.0 Å². The van der Waals surface area contributed by atoms with Gasteiger partial charge in [0, 0.05) is 12.1 Å². The van der Waals surface area contributed by atoms with E-state index in [0.717, 1.165) is 19.3 Å². The Labute approximate surface area is 92.0 Å².